The van der Waals surface area contributed by atoms with Gasteiger partial charge in [-0.2, -0.15) is 0 Å². The lowest BCUT2D eigenvalue weighted by Gasteiger charge is -2.38. The molecule has 3 N–H and O–H groups in total. The maximum atomic E-state index is 12.1. The van der Waals surface area contributed by atoms with Crippen LogP contribution in [0, 0.1) is 5.41 Å². The first-order valence-corrected chi connectivity index (χ1v) is 7.02. The lowest BCUT2D eigenvalue weighted by molar-refractivity contribution is -0.152. The summed E-state index contributed by atoms with van der Waals surface area (Å²) in [6.45, 7) is 3.23. The van der Waals surface area contributed by atoms with Crippen molar-refractivity contribution in [1.82, 2.24) is 15.5 Å². The summed E-state index contributed by atoms with van der Waals surface area (Å²) >= 11 is 0. The molecule has 0 aromatic rings. The Kier molecular flexibility index (Phi) is 4.15. The molecule has 2 saturated heterocycles. The highest BCUT2D eigenvalue weighted by atomic mass is 16.4. The number of carbonyl (C=O) groups excluding carboxylic acids is 2. The van der Waals surface area contributed by atoms with Crippen LogP contribution in [-0.2, 0) is 9.59 Å². The number of hydrogen-bond acceptors (Lipinski definition) is 3. The number of carbonyl (C=O) groups is 3. The van der Waals surface area contributed by atoms with Crippen LogP contribution in [0.5, 0.6) is 0 Å². The Balaban J connectivity index is 1.85. The third-order valence-electron chi connectivity index (χ3n) is 4.44. The Morgan fingerprint density at radius 3 is 2.55 bits per heavy atom. The van der Waals surface area contributed by atoms with Crippen molar-refractivity contribution in [2.24, 2.45) is 5.41 Å². The monoisotopic (exact) mass is 283 g/mol. The molecule has 0 spiro atoms. The molecule has 3 amide bonds. The molecule has 2 fully saturated rings. The summed E-state index contributed by atoms with van der Waals surface area (Å²) in [5.41, 5.74) is -0.693. The molecule has 20 heavy (non-hydrogen) atoms. The normalized spacial score (nSPS) is 25.1. The second-order valence-corrected chi connectivity index (χ2v) is 5.58. The summed E-state index contributed by atoms with van der Waals surface area (Å²) in [6.07, 6.45) is 1.86. The van der Waals surface area contributed by atoms with Crippen LogP contribution in [0.25, 0.3) is 0 Å². The van der Waals surface area contributed by atoms with Crippen LogP contribution < -0.4 is 10.6 Å². The van der Waals surface area contributed by atoms with E-state index in [2.05, 4.69) is 10.6 Å². The maximum Gasteiger partial charge on any atom is 0.317 e. The zero-order valence-electron chi connectivity index (χ0n) is 11.6. The Morgan fingerprint density at radius 1 is 1.45 bits per heavy atom. The molecule has 2 aliphatic heterocycles. The SMILES string of the molecule is CCC1(C(=O)O)CCN(C(=O)NC2CNC(=O)C2)CC1. The Bertz CT molecular complexity index is 416. The molecule has 7 heteroatoms. The molecular formula is C13H21N3O4. The number of rotatable bonds is 3. The number of likely N-dealkylation sites (tertiary alicyclic amines) is 1. The van der Waals surface area contributed by atoms with Crippen molar-refractivity contribution in [3.05, 3.63) is 0 Å². The van der Waals surface area contributed by atoms with E-state index >= 15 is 0 Å². The summed E-state index contributed by atoms with van der Waals surface area (Å²) in [4.78, 5) is 36.1. The average molecular weight is 283 g/mol. The van der Waals surface area contributed by atoms with E-state index in [1.807, 2.05) is 6.92 Å². The van der Waals surface area contributed by atoms with E-state index in [1.54, 1.807) is 4.90 Å². The van der Waals surface area contributed by atoms with Gasteiger partial charge in [0.1, 0.15) is 0 Å². The van der Waals surface area contributed by atoms with E-state index in [0.29, 0.717) is 45.3 Å². The number of carboxylic acids is 1. The predicted octanol–water partition coefficient (Wildman–Crippen LogP) is 0.161. The molecule has 2 rings (SSSR count). The predicted molar refractivity (Wildman–Crippen MR) is 71.1 cm³/mol. The molecule has 112 valence electrons. The fraction of sp³-hybridized carbons (Fsp3) is 0.769. The van der Waals surface area contributed by atoms with Gasteiger partial charge < -0.3 is 20.6 Å². The quantitative estimate of drug-likeness (QED) is 0.687. The summed E-state index contributed by atoms with van der Waals surface area (Å²) in [5, 5.41) is 14.8. The molecule has 7 nitrogen and oxygen atoms in total. The number of piperidine rings is 1. The zero-order chi connectivity index (χ0) is 14.8. The fourth-order valence-corrected chi connectivity index (χ4v) is 2.83. The second kappa shape index (κ2) is 5.68. The molecular weight excluding hydrogens is 262 g/mol. The zero-order valence-corrected chi connectivity index (χ0v) is 11.6. The maximum absolute atomic E-state index is 12.1. The van der Waals surface area contributed by atoms with Gasteiger partial charge in [0.25, 0.3) is 0 Å². The van der Waals surface area contributed by atoms with Crippen molar-refractivity contribution in [3.8, 4) is 0 Å². The number of nitrogens with zero attached hydrogens (tertiary/aromatic N) is 1. The summed E-state index contributed by atoms with van der Waals surface area (Å²) in [7, 11) is 0. The van der Waals surface area contributed by atoms with Crippen LogP contribution in [0.2, 0.25) is 0 Å². The molecule has 2 aliphatic rings. The van der Waals surface area contributed by atoms with Gasteiger partial charge in [-0.3, -0.25) is 9.59 Å². The van der Waals surface area contributed by atoms with Crippen molar-refractivity contribution in [2.45, 2.75) is 38.6 Å². The van der Waals surface area contributed by atoms with Gasteiger partial charge in [-0.25, -0.2) is 4.79 Å². The van der Waals surface area contributed by atoms with Crippen LogP contribution in [-0.4, -0.2) is 53.6 Å². The molecule has 1 atom stereocenters. The molecule has 0 saturated carbocycles. The molecule has 0 bridgehead atoms. The Morgan fingerprint density at radius 2 is 2.10 bits per heavy atom. The van der Waals surface area contributed by atoms with Crippen LogP contribution in [0.3, 0.4) is 0 Å². The first-order chi connectivity index (χ1) is 9.47. The number of amides is 3. The molecule has 1 unspecified atom stereocenters. The highest BCUT2D eigenvalue weighted by molar-refractivity contribution is 5.81. The van der Waals surface area contributed by atoms with Crippen molar-refractivity contribution in [2.75, 3.05) is 19.6 Å². The van der Waals surface area contributed by atoms with E-state index in [9.17, 15) is 19.5 Å². The van der Waals surface area contributed by atoms with Crippen LogP contribution in [0.15, 0.2) is 0 Å². The largest absolute Gasteiger partial charge is 0.481 e. The average Bonchev–Trinajstić information content (AvgIpc) is 2.84. The van der Waals surface area contributed by atoms with Gasteiger partial charge in [0.15, 0.2) is 0 Å². The highest BCUT2D eigenvalue weighted by Crippen LogP contribution is 2.35. The lowest BCUT2D eigenvalue weighted by Crippen LogP contribution is -2.51. The third-order valence-corrected chi connectivity index (χ3v) is 4.44. The standard InChI is InChI=1S/C13H21N3O4/c1-2-13(11(18)19)3-5-16(6-4-13)12(20)15-9-7-10(17)14-8-9/h9H,2-8H2,1H3,(H,14,17)(H,15,20)(H,18,19). The van der Waals surface area contributed by atoms with Crippen molar-refractivity contribution < 1.29 is 19.5 Å². The van der Waals surface area contributed by atoms with E-state index in [1.165, 1.54) is 0 Å². The third kappa shape index (κ3) is 2.86. The molecule has 0 radical (unpaired) electrons. The summed E-state index contributed by atoms with van der Waals surface area (Å²) in [5.74, 6) is -0.824. The van der Waals surface area contributed by atoms with Crippen LogP contribution in [0.4, 0.5) is 4.79 Å². The summed E-state index contributed by atoms with van der Waals surface area (Å²) in [6, 6.07) is -0.367. The fourth-order valence-electron chi connectivity index (χ4n) is 2.83. The number of hydrogen-bond donors (Lipinski definition) is 3. The first-order valence-electron chi connectivity index (χ1n) is 7.02. The van der Waals surface area contributed by atoms with Gasteiger partial charge in [0.2, 0.25) is 5.91 Å². The van der Waals surface area contributed by atoms with Crippen LogP contribution in [0.1, 0.15) is 32.6 Å². The number of carboxylic acid groups (broad SMARTS) is 1. The summed E-state index contributed by atoms with van der Waals surface area (Å²) < 4.78 is 0. The topological polar surface area (TPSA) is 98.7 Å². The second-order valence-electron chi connectivity index (χ2n) is 5.58. The molecule has 0 aromatic heterocycles. The minimum atomic E-state index is -0.773. The molecule has 2 heterocycles. The van der Waals surface area contributed by atoms with Crippen molar-refractivity contribution in [3.63, 3.8) is 0 Å². The highest BCUT2D eigenvalue weighted by Gasteiger charge is 2.41. The van der Waals surface area contributed by atoms with Gasteiger partial charge in [-0.15, -0.1) is 0 Å². The number of aliphatic carboxylic acids is 1. The molecule has 0 aromatic carbocycles. The molecule has 0 aliphatic carbocycles. The number of nitrogens with one attached hydrogen (secondary N) is 2. The minimum absolute atomic E-state index is 0.0511. The Hall–Kier alpha value is -1.79. The van der Waals surface area contributed by atoms with Gasteiger partial charge in [-0.05, 0) is 19.3 Å². The van der Waals surface area contributed by atoms with E-state index in [0.717, 1.165) is 0 Å². The van der Waals surface area contributed by atoms with E-state index in [4.69, 9.17) is 0 Å². The van der Waals surface area contributed by atoms with Gasteiger partial charge >= 0.3 is 12.0 Å². The van der Waals surface area contributed by atoms with Crippen molar-refractivity contribution in [1.29, 1.82) is 0 Å². The van der Waals surface area contributed by atoms with E-state index in [-0.39, 0.29) is 18.0 Å². The lowest BCUT2D eigenvalue weighted by atomic mass is 9.76. The van der Waals surface area contributed by atoms with E-state index < -0.39 is 11.4 Å². The number of urea groups is 1. The van der Waals surface area contributed by atoms with Gasteiger partial charge in [-0.1, -0.05) is 6.92 Å². The van der Waals surface area contributed by atoms with Gasteiger partial charge in [0, 0.05) is 26.1 Å². The Labute approximate surface area is 117 Å². The van der Waals surface area contributed by atoms with Gasteiger partial charge in [0.05, 0.1) is 11.5 Å². The smallest absolute Gasteiger partial charge is 0.317 e. The van der Waals surface area contributed by atoms with Crippen molar-refractivity contribution >= 4 is 17.9 Å². The van der Waals surface area contributed by atoms with Crippen LogP contribution >= 0.6 is 0 Å². The minimum Gasteiger partial charge on any atom is -0.481 e. The first kappa shape index (κ1) is 14.6.